The summed E-state index contributed by atoms with van der Waals surface area (Å²) in [5.41, 5.74) is 1.59. The number of esters is 2. The first-order chi connectivity index (χ1) is 11.0. The SMILES string of the molecule is CCCOC(=O)c1c2cccc(Br)cc-2c(C(=O)OC)c1OC. The van der Waals surface area contributed by atoms with Crippen molar-refractivity contribution in [3.63, 3.8) is 0 Å². The Kier molecular flexibility index (Phi) is 5.60. The number of carbonyl (C=O) groups excluding carboxylic acids is 2. The van der Waals surface area contributed by atoms with Crippen molar-refractivity contribution in [2.75, 3.05) is 20.8 Å². The van der Waals surface area contributed by atoms with E-state index in [1.807, 2.05) is 13.0 Å². The molecule has 0 fully saturated rings. The average molecular weight is 381 g/mol. The zero-order valence-corrected chi connectivity index (χ0v) is 14.7. The molecule has 0 spiro atoms. The van der Waals surface area contributed by atoms with Crippen molar-refractivity contribution < 1.29 is 23.8 Å². The lowest BCUT2D eigenvalue weighted by Crippen LogP contribution is -2.08. The molecule has 0 amide bonds. The standard InChI is InChI=1S/C17H17BrO5/c1-4-8-23-17(20)13-11-7-5-6-10(18)9-12(11)14(15(13)21-2)16(19)22-3/h5-7,9H,4,8H2,1-3H3. The average Bonchev–Trinajstić information content (AvgIpc) is 2.72. The molecule has 122 valence electrons. The molecule has 0 unspecified atom stereocenters. The number of fused-ring (bicyclic) bond motifs is 1. The maximum absolute atomic E-state index is 12.4. The molecule has 0 atom stereocenters. The van der Waals surface area contributed by atoms with Crippen molar-refractivity contribution in [2.45, 2.75) is 13.3 Å². The van der Waals surface area contributed by atoms with Gasteiger partial charge in [0.1, 0.15) is 16.9 Å². The smallest absolute Gasteiger partial charge is 0.342 e. The summed E-state index contributed by atoms with van der Waals surface area (Å²) in [6.07, 6.45) is 0.704. The first-order valence-corrected chi connectivity index (χ1v) is 7.89. The molecule has 0 aromatic heterocycles. The molecule has 0 aliphatic heterocycles. The Hall–Kier alpha value is -2.08. The molecule has 0 heterocycles. The van der Waals surface area contributed by atoms with Crippen LogP contribution in [0.1, 0.15) is 34.1 Å². The van der Waals surface area contributed by atoms with Gasteiger partial charge in [0.15, 0.2) is 0 Å². The highest BCUT2D eigenvalue weighted by molar-refractivity contribution is 9.10. The summed E-state index contributed by atoms with van der Waals surface area (Å²) in [5, 5.41) is 0. The number of ether oxygens (including phenoxy) is 3. The lowest BCUT2D eigenvalue weighted by Gasteiger charge is -2.06. The molecule has 0 radical (unpaired) electrons. The lowest BCUT2D eigenvalue weighted by molar-refractivity contribution is 0.0503. The Morgan fingerprint density at radius 2 is 1.78 bits per heavy atom. The van der Waals surface area contributed by atoms with E-state index in [4.69, 9.17) is 14.2 Å². The third-order valence-corrected chi connectivity index (χ3v) is 3.81. The van der Waals surface area contributed by atoms with E-state index in [2.05, 4.69) is 15.9 Å². The van der Waals surface area contributed by atoms with Crippen LogP contribution in [0.5, 0.6) is 5.75 Å². The Balaban J connectivity index is 2.75. The molecule has 5 nitrogen and oxygen atoms in total. The second-order valence-corrected chi connectivity index (χ2v) is 5.71. The normalized spacial score (nSPS) is 10.4. The highest BCUT2D eigenvalue weighted by atomic mass is 79.9. The van der Waals surface area contributed by atoms with Crippen molar-refractivity contribution in [2.24, 2.45) is 0 Å². The number of hydrogen-bond donors (Lipinski definition) is 0. The van der Waals surface area contributed by atoms with Crippen molar-refractivity contribution in [1.82, 2.24) is 0 Å². The summed E-state index contributed by atoms with van der Waals surface area (Å²) in [4.78, 5) is 24.6. The summed E-state index contributed by atoms with van der Waals surface area (Å²) in [7, 11) is 2.69. The van der Waals surface area contributed by atoms with Gasteiger partial charge >= 0.3 is 11.9 Å². The molecule has 0 saturated heterocycles. The highest BCUT2D eigenvalue weighted by Gasteiger charge is 2.33. The molecule has 23 heavy (non-hydrogen) atoms. The van der Waals surface area contributed by atoms with Gasteiger partial charge < -0.3 is 14.2 Å². The zero-order chi connectivity index (χ0) is 17.0. The Morgan fingerprint density at radius 3 is 2.39 bits per heavy atom. The van der Waals surface area contributed by atoms with Gasteiger partial charge in [0.25, 0.3) is 0 Å². The monoisotopic (exact) mass is 380 g/mol. The van der Waals surface area contributed by atoms with Gasteiger partial charge in [-0.2, -0.15) is 0 Å². The molecule has 0 aromatic carbocycles. The van der Waals surface area contributed by atoms with E-state index in [-0.39, 0.29) is 16.9 Å². The Bertz CT molecular complexity index is 711. The van der Waals surface area contributed by atoms with Gasteiger partial charge in [0.2, 0.25) is 0 Å². The van der Waals surface area contributed by atoms with Crippen LogP contribution in [-0.4, -0.2) is 32.8 Å². The fourth-order valence-corrected chi connectivity index (χ4v) is 2.74. The minimum atomic E-state index is -0.570. The van der Waals surface area contributed by atoms with E-state index >= 15 is 0 Å². The minimum absolute atomic E-state index is 0.172. The molecule has 2 aliphatic carbocycles. The summed E-state index contributed by atoms with van der Waals surface area (Å²) in [6, 6.07) is 7.09. The number of methoxy groups -OCH3 is 2. The summed E-state index contributed by atoms with van der Waals surface area (Å²) in [6.45, 7) is 2.20. The Morgan fingerprint density at radius 1 is 1.09 bits per heavy atom. The molecule has 0 aromatic rings. The second kappa shape index (κ2) is 7.46. The van der Waals surface area contributed by atoms with Gasteiger partial charge in [0.05, 0.1) is 20.8 Å². The zero-order valence-electron chi connectivity index (χ0n) is 13.1. The van der Waals surface area contributed by atoms with E-state index in [0.717, 1.165) is 4.47 Å². The first kappa shape index (κ1) is 17.3. The first-order valence-electron chi connectivity index (χ1n) is 7.09. The molecule has 2 aliphatic rings. The predicted octanol–water partition coefficient (Wildman–Crippen LogP) is 3.92. The van der Waals surface area contributed by atoms with Gasteiger partial charge in [-0.25, -0.2) is 9.59 Å². The topological polar surface area (TPSA) is 61.8 Å². The molecule has 2 rings (SSSR count). The van der Waals surface area contributed by atoms with Crippen LogP contribution in [0.3, 0.4) is 0 Å². The van der Waals surface area contributed by atoms with Crippen LogP contribution < -0.4 is 4.74 Å². The third kappa shape index (κ3) is 3.32. The number of halogens is 1. The lowest BCUT2D eigenvalue weighted by atomic mass is 10.1. The second-order valence-electron chi connectivity index (χ2n) is 4.79. The van der Waals surface area contributed by atoms with Gasteiger partial charge in [-0.3, -0.25) is 0 Å². The predicted molar refractivity (Wildman–Crippen MR) is 89.2 cm³/mol. The molecule has 0 N–H and O–H groups in total. The van der Waals surface area contributed by atoms with Gasteiger partial charge in [-0.05, 0) is 18.6 Å². The number of rotatable bonds is 5. The molecule has 0 bridgehead atoms. The van der Waals surface area contributed by atoms with Gasteiger partial charge in [0, 0.05) is 15.6 Å². The minimum Gasteiger partial charge on any atom is -0.495 e. The number of carbonyl (C=O) groups is 2. The van der Waals surface area contributed by atoms with E-state index in [1.165, 1.54) is 14.2 Å². The fraction of sp³-hybridized carbons (Fsp3) is 0.294. The molecular formula is C17H17BrO5. The van der Waals surface area contributed by atoms with Crippen LogP contribution in [0.4, 0.5) is 0 Å². The summed E-state index contributed by atoms with van der Waals surface area (Å²) < 4.78 is 16.2. The largest absolute Gasteiger partial charge is 0.495 e. The highest BCUT2D eigenvalue weighted by Crippen LogP contribution is 2.43. The maximum atomic E-state index is 12.4. The number of hydrogen-bond acceptors (Lipinski definition) is 5. The van der Waals surface area contributed by atoms with Crippen LogP contribution in [-0.2, 0) is 9.47 Å². The fourth-order valence-electron chi connectivity index (χ4n) is 2.36. The van der Waals surface area contributed by atoms with Gasteiger partial charge in [-0.1, -0.05) is 35.0 Å². The van der Waals surface area contributed by atoms with Crippen LogP contribution in [0.2, 0.25) is 0 Å². The maximum Gasteiger partial charge on any atom is 0.342 e. The van der Waals surface area contributed by atoms with Crippen LogP contribution in [0, 0.1) is 0 Å². The summed E-state index contributed by atoms with van der Waals surface area (Å²) >= 11 is 3.39. The van der Waals surface area contributed by atoms with Gasteiger partial charge in [-0.15, -0.1) is 0 Å². The van der Waals surface area contributed by atoms with E-state index in [9.17, 15) is 9.59 Å². The van der Waals surface area contributed by atoms with E-state index in [1.54, 1.807) is 18.2 Å². The third-order valence-electron chi connectivity index (χ3n) is 3.32. The summed E-state index contributed by atoms with van der Waals surface area (Å²) in [5.74, 6) is -0.920. The molecule has 0 saturated carbocycles. The molecular weight excluding hydrogens is 364 g/mol. The van der Waals surface area contributed by atoms with Crippen LogP contribution in [0.15, 0.2) is 28.7 Å². The van der Waals surface area contributed by atoms with Crippen LogP contribution >= 0.6 is 15.9 Å². The quantitative estimate of drug-likeness (QED) is 0.735. The molecule has 6 heteroatoms. The van der Waals surface area contributed by atoms with Crippen molar-refractivity contribution in [3.8, 4) is 16.9 Å². The van der Waals surface area contributed by atoms with Crippen LogP contribution in [0.25, 0.3) is 11.1 Å². The van der Waals surface area contributed by atoms with Crippen molar-refractivity contribution in [3.05, 3.63) is 39.9 Å². The van der Waals surface area contributed by atoms with Crippen molar-refractivity contribution >= 4 is 27.9 Å². The Labute approximate surface area is 143 Å². The van der Waals surface area contributed by atoms with E-state index in [0.29, 0.717) is 24.2 Å². The van der Waals surface area contributed by atoms with Crippen molar-refractivity contribution in [1.29, 1.82) is 0 Å². The van der Waals surface area contributed by atoms with E-state index < -0.39 is 11.9 Å².